The maximum absolute atomic E-state index is 12.2. The monoisotopic (exact) mass is 355 g/mol. The lowest BCUT2D eigenvalue weighted by molar-refractivity contribution is 0.102. The van der Waals surface area contributed by atoms with Crippen molar-refractivity contribution in [2.75, 3.05) is 11.6 Å². The van der Waals surface area contributed by atoms with Gasteiger partial charge in [-0.2, -0.15) is 0 Å². The zero-order valence-electron chi connectivity index (χ0n) is 10.1. The molecule has 98 valence electrons. The number of amides is 1. The quantitative estimate of drug-likeness (QED) is 0.777. The third kappa shape index (κ3) is 3.53. The molecule has 0 aromatic heterocycles. The summed E-state index contributed by atoms with van der Waals surface area (Å²) in [5, 5.41) is 3.49. The fourth-order valence-corrected chi connectivity index (χ4v) is 2.63. The van der Waals surface area contributed by atoms with Gasteiger partial charge in [0.25, 0.3) is 5.91 Å². The van der Waals surface area contributed by atoms with Gasteiger partial charge in [0.1, 0.15) is 0 Å². The third-order valence-corrected chi connectivity index (χ3v) is 4.55. The van der Waals surface area contributed by atoms with Crippen LogP contribution in [0.2, 0.25) is 5.02 Å². The summed E-state index contributed by atoms with van der Waals surface area (Å²) in [6.07, 6.45) is 1.98. The molecule has 2 nitrogen and oxygen atoms in total. The maximum Gasteiger partial charge on any atom is 0.255 e. The predicted octanol–water partition coefficient (Wildman–Crippen LogP) is 5.08. The summed E-state index contributed by atoms with van der Waals surface area (Å²) in [7, 11) is 0. The number of thioether (sulfide) groups is 1. The van der Waals surface area contributed by atoms with Crippen LogP contribution in [0.25, 0.3) is 0 Å². The normalized spacial score (nSPS) is 10.3. The number of halogens is 2. The van der Waals surface area contributed by atoms with Gasteiger partial charge in [-0.25, -0.2) is 0 Å². The second-order valence-corrected chi connectivity index (χ2v) is 5.89. The van der Waals surface area contributed by atoms with Crippen LogP contribution in [-0.2, 0) is 0 Å². The first-order valence-corrected chi connectivity index (χ1v) is 7.91. The van der Waals surface area contributed by atoms with Crippen LogP contribution in [-0.4, -0.2) is 12.2 Å². The molecule has 0 fully saturated rings. The van der Waals surface area contributed by atoms with E-state index in [0.717, 1.165) is 10.6 Å². The highest BCUT2D eigenvalue weighted by Gasteiger charge is 2.10. The number of carbonyl (C=O) groups excluding carboxylic acids is 1. The van der Waals surface area contributed by atoms with Crippen LogP contribution in [0.5, 0.6) is 0 Å². The SMILES string of the molecule is CSc1ccccc1NC(=O)c1ccc(Cl)c(Br)c1. The molecular weight excluding hydrogens is 346 g/mol. The summed E-state index contributed by atoms with van der Waals surface area (Å²) in [5.41, 5.74) is 1.37. The van der Waals surface area contributed by atoms with E-state index >= 15 is 0 Å². The van der Waals surface area contributed by atoms with Crippen LogP contribution in [0.3, 0.4) is 0 Å². The summed E-state index contributed by atoms with van der Waals surface area (Å²) in [6, 6.07) is 12.8. The molecule has 2 aromatic carbocycles. The molecule has 0 aliphatic rings. The minimum absolute atomic E-state index is 0.154. The van der Waals surface area contributed by atoms with Crippen molar-refractivity contribution in [1.82, 2.24) is 0 Å². The molecule has 0 aliphatic heterocycles. The largest absolute Gasteiger partial charge is 0.321 e. The van der Waals surface area contributed by atoms with Gasteiger partial charge in [-0.15, -0.1) is 11.8 Å². The Morgan fingerprint density at radius 1 is 1.26 bits per heavy atom. The molecule has 0 spiro atoms. The second-order valence-electron chi connectivity index (χ2n) is 3.78. The first-order valence-electron chi connectivity index (χ1n) is 5.51. The van der Waals surface area contributed by atoms with Gasteiger partial charge in [0, 0.05) is 14.9 Å². The van der Waals surface area contributed by atoms with E-state index < -0.39 is 0 Å². The van der Waals surface area contributed by atoms with Crippen LogP contribution >= 0.6 is 39.3 Å². The van der Waals surface area contributed by atoms with Crippen molar-refractivity contribution in [3.63, 3.8) is 0 Å². The fourth-order valence-electron chi connectivity index (χ4n) is 1.58. The molecule has 0 radical (unpaired) electrons. The van der Waals surface area contributed by atoms with Gasteiger partial charge >= 0.3 is 0 Å². The van der Waals surface area contributed by atoms with Gasteiger partial charge in [0.15, 0.2) is 0 Å². The van der Waals surface area contributed by atoms with Crippen LogP contribution in [0.1, 0.15) is 10.4 Å². The summed E-state index contributed by atoms with van der Waals surface area (Å²) >= 11 is 10.8. The summed E-state index contributed by atoms with van der Waals surface area (Å²) in [4.78, 5) is 13.2. The number of benzene rings is 2. The third-order valence-electron chi connectivity index (χ3n) is 2.54. The van der Waals surface area contributed by atoms with E-state index in [1.54, 1.807) is 30.0 Å². The number of nitrogens with one attached hydrogen (secondary N) is 1. The summed E-state index contributed by atoms with van der Waals surface area (Å²) in [6.45, 7) is 0. The van der Waals surface area contributed by atoms with Crippen molar-refractivity contribution in [3.05, 3.63) is 57.5 Å². The first kappa shape index (κ1) is 14.4. The van der Waals surface area contributed by atoms with Gasteiger partial charge in [-0.1, -0.05) is 23.7 Å². The molecule has 0 bridgehead atoms. The molecule has 5 heteroatoms. The van der Waals surface area contributed by atoms with E-state index in [9.17, 15) is 4.79 Å². The molecule has 0 saturated carbocycles. The van der Waals surface area contributed by atoms with Crippen molar-refractivity contribution >= 4 is 50.9 Å². The highest BCUT2D eigenvalue weighted by molar-refractivity contribution is 9.10. The van der Waals surface area contributed by atoms with Crippen LogP contribution < -0.4 is 5.32 Å². The lowest BCUT2D eigenvalue weighted by Gasteiger charge is -2.09. The molecular formula is C14H11BrClNOS. The van der Waals surface area contributed by atoms with Crippen LogP contribution in [0, 0.1) is 0 Å². The molecule has 0 saturated heterocycles. The highest BCUT2D eigenvalue weighted by atomic mass is 79.9. The molecule has 0 atom stereocenters. The smallest absolute Gasteiger partial charge is 0.255 e. The Morgan fingerprint density at radius 3 is 2.68 bits per heavy atom. The lowest BCUT2D eigenvalue weighted by Crippen LogP contribution is -2.12. The number of hydrogen-bond acceptors (Lipinski definition) is 2. The van der Waals surface area contributed by atoms with Crippen molar-refractivity contribution in [2.24, 2.45) is 0 Å². The topological polar surface area (TPSA) is 29.1 Å². The Labute approximate surface area is 129 Å². The van der Waals surface area contributed by atoms with Crippen molar-refractivity contribution in [3.8, 4) is 0 Å². The minimum atomic E-state index is -0.154. The zero-order chi connectivity index (χ0) is 13.8. The van der Waals surface area contributed by atoms with Crippen molar-refractivity contribution in [1.29, 1.82) is 0 Å². The Balaban J connectivity index is 2.23. The summed E-state index contributed by atoms with van der Waals surface area (Å²) < 4.78 is 0.708. The van der Waals surface area contributed by atoms with Crippen molar-refractivity contribution < 1.29 is 4.79 Å². The molecule has 0 aliphatic carbocycles. The number of anilines is 1. The van der Waals surface area contributed by atoms with Gasteiger partial charge in [-0.05, 0) is 52.5 Å². The Kier molecular flexibility index (Phi) is 4.91. The molecule has 2 rings (SSSR count). The lowest BCUT2D eigenvalue weighted by atomic mass is 10.2. The van der Waals surface area contributed by atoms with Crippen LogP contribution in [0.15, 0.2) is 51.8 Å². The molecule has 1 amide bonds. The highest BCUT2D eigenvalue weighted by Crippen LogP contribution is 2.26. The van der Waals surface area contributed by atoms with Crippen molar-refractivity contribution in [2.45, 2.75) is 4.90 Å². The van der Waals surface area contributed by atoms with E-state index in [1.165, 1.54) is 0 Å². The zero-order valence-corrected chi connectivity index (χ0v) is 13.3. The fraction of sp³-hybridized carbons (Fsp3) is 0.0714. The van der Waals surface area contributed by atoms with Gasteiger partial charge in [-0.3, -0.25) is 4.79 Å². The molecule has 1 N–H and O–H groups in total. The van der Waals surface area contributed by atoms with Crippen LogP contribution in [0.4, 0.5) is 5.69 Å². The van der Waals surface area contributed by atoms with Gasteiger partial charge < -0.3 is 5.32 Å². The maximum atomic E-state index is 12.2. The van der Waals surface area contributed by atoms with Gasteiger partial charge in [0.2, 0.25) is 0 Å². The summed E-state index contributed by atoms with van der Waals surface area (Å²) in [5.74, 6) is -0.154. The molecule has 19 heavy (non-hydrogen) atoms. The van der Waals surface area contributed by atoms with Gasteiger partial charge in [0.05, 0.1) is 10.7 Å². The van der Waals surface area contributed by atoms with E-state index in [1.807, 2.05) is 30.5 Å². The van der Waals surface area contributed by atoms with E-state index in [0.29, 0.717) is 15.1 Å². The van der Waals surface area contributed by atoms with E-state index in [2.05, 4.69) is 21.2 Å². The van der Waals surface area contributed by atoms with E-state index in [4.69, 9.17) is 11.6 Å². The molecule has 0 heterocycles. The Morgan fingerprint density at radius 2 is 2.00 bits per heavy atom. The standard InChI is InChI=1S/C14H11BrClNOS/c1-19-13-5-3-2-4-12(13)17-14(18)9-6-7-11(16)10(15)8-9/h2-8H,1H3,(H,17,18). The Hall–Kier alpha value is -0.970. The average Bonchev–Trinajstić information content (AvgIpc) is 2.42. The van der Waals surface area contributed by atoms with E-state index in [-0.39, 0.29) is 5.91 Å². The predicted molar refractivity (Wildman–Crippen MR) is 85.3 cm³/mol. The average molecular weight is 357 g/mol. The molecule has 2 aromatic rings. The number of para-hydroxylation sites is 1. The Bertz CT molecular complexity index is 618. The number of hydrogen-bond donors (Lipinski definition) is 1. The second kappa shape index (κ2) is 6.46. The number of rotatable bonds is 3. The minimum Gasteiger partial charge on any atom is -0.321 e. The molecule has 0 unspecified atom stereocenters. The number of carbonyl (C=O) groups is 1. The first-order chi connectivity index (χ1) is 9.11.